The molecule has 0 aliphatic carbocycles. The lowest BCUT2D eigenvalue weighted by Gasteiger charge is -2.26. The van der Waals surface area contributed by atoms with Crippen LogP contribution in [0.4, 0.5) is 30.7 Å². The Morgan fingerprint density at radius 2 is 1.10 bits per heavy atom. The first-order valence-corrected chi connectivity index (χ1v) is 30.9. The summed E-state index contributed by atoms with van der Waals surface area (Å²) in [5, 5.41) is 20.1. The molecule has 87 heavy (non-hydrogen) atoms. The number of aryl methyl sites for hydroxylation is 5. The third-order valence-electron chi connectivity index (χ3n) is 14.6. The van der Waals surface area contributed by atoms with Crippen LogP contribution >= 0.6 is 0 Å². The van der Waals surface area contributed by atoms with Gasteiger partial charge in [-0.3, -0.25) is 9.59 Å². The van der Waals surface area contributed by atoms with Crippen LogP contribution in [-0.4, -0.2) is 68.9 Å². The molecule has 8 rings (SSSR count). The van der Waals surface area contributed by atoms with E-state index in [4.69, 9.17) is 18.7 Å². The van der Waals surface area contributed by atoms with Gasteiger partial charge in [-0.1, -0.05) is 90.5 Å². The van der Waals surface area contributed by atoms with Crippen molar-refractivity contribution < 1.29 is 89.4 Å². The summed E-state index contributed by atoms with van der Waals surface area (Å²) in [7, 11) is -12.1. The normalized spacial score (nSPS) is 13.3. The largest absolute Gasteiger partial charge is 0.496 e. The number of halogens is 7. The third kappa shape index (κ3) is 14.2. The molecule has 25 heteroatoms. The first-order chi connectivity index (χ1) is 40.5. The molecule has 0 bridgehead atoms. The number of hydrogen-bond donors (Lipinski definition) is 2. The van der Waals surface area contributed by atoms with Crippen molar-refractivity contribution in [3.05, 3.63) is 212 Å². The number of benzene rings is 6. The summed E-state index contributed by atoms with van der Waals surface area (Å²) in [6, 6.07) is 29.8. The highest BCUT2D eigenvalue weighted by molar-refractivity contribution is 7.92. The number of sulfonamides is 2. The summed E-state index contributed by atoms with van der Waals surface area (Å²) >= 11 is 0. The predicted molar refractivity (Wildman–Crippen MR) is 306 cm³/mol. The van der Waals surface area contributed by atoms with Gasteiger partial charge in [-0.15, -0.1) is 0 Å². The highest BCUT2D eigenvalue weighted by Crippen LogP contribution is 2.42. The molecule has 2 N–H and O–H groups in total. The Bertz CT molecular complexity index is 4260. The Kier molecular flexibility index (Phi) is 18.3. The zero-order valence-corrected chi connectivity index (χ0v) is 50.0. The van der Waals surface area contributed by atoms with Crippen molar-refractivity contribution in [2.75, 3.05) is 12.9 Å². The summed E-state index contributed by atoms with van der Waals surface area (Å²) in [4.78, 5) is 24.0. The number of alkyl halides is 6. The summed E-state index contributed by atoms with van der Waals surface area (Å²) < 4.78 is 203. The Balaban J connectivity index is 1.12. The summed E-state index contributed by atoms with van der Waals surface area (Å²) in [6.07, 6.45) is -11.0. The van der Waals surface area contributed by atoms with E-state index in [1.807, 2.05) is 0 Å². The van der Waals surface area contributed by atoms with Crippen LogP contribution in [0.2, 0.25) is 0 Å². The van der Waals surface area contributed by atoms with Gasteiger partial charge < -0.3 is 23.8 Å². The van der Waals surface area contributed by atoms with Gasteiger partial charge in [0.25, 0.3) is 0 Å². The van der Waals surface area contributed by atoms with E-state index in [2.05, 4.69) is 0 Å². The molecule has 1 unspecified atom stereocenters. The number of ether oxygens (including phenoxy) is 1. The minimum atomic E-state index is -5.25. The molecule has 0 aliphatic rings. The van der Waals surface area contributed by atoms with Crippen molar-refractivity contribution in [2.24, 2.45) is 0 Å². The first-order valence-electron chi connectivity index (χ1n) is 26.4. The van der Waals surface area contributed by atoms with Gasteiger partial charge in [-0.2, -0.15) is 35.0 Å². The van der Waals surface area contributed by atoms with Gasteiger partial charge in [0.1, 0.15) is 23.1 Å². The van der Waals surface area contributed by atoms with Gasteiger partial charge in [0.15, 0.2) is 15.6 Å². The fourth-order valence-corrected chi connectivity index (χ4v) is 15.3. The first kappa shape index (κ1) is 64.9. The van der Waals surface area contributed by atoms with Crippen molar-refractivity contribution in [1.82, 2.24) is 8.61 Å². The van der Waals surface area contributed by atoms with Crippen molar-refractivity contribution in [1.29, 1.82) is 0 Å². The molecule has 2 heterocycles. The number of rotatable bonds is 22. The fraction of sp³-hybridized carbons (Fsp3) is 0.258. The summed E-state index contributed by atoms with van der Waals surface area (Å²) in [5.41, 5.74) is 0.704. The lowest BCUT2D eigenvalue weighted by Crippen LogP contribution is -2.35. The van der Waals surface area contributed by atoms with Crippen LogP contribution in [0.3, 0.4) is 0 Å². The average molecular weight is 1270 g/mol. The molecule has 2 aromatic heterocycles. The number of carboxylic acid groups (broad SMARTS) is 2. The van der Waals surface area contributed by atoms with Crippen LogP contribution < -0.4 is 4.74 Å². The van der Waals surface area contributed by atoms with Crippen LogP contribution in [0.5, 0.6) is 5.75 Å². The highest BCUT2D eigenvalue weighted by Gasteiger charge is 2.44. The Morgan fingerprint density at radius 3 is 1.66 bits per heavy atom. The Morgan fingerprint density at radius 1 is 0.563 bits per heavy atom. The van der Waals surface area contributed by atoms with E-state index in [1.165, 1.54) is 101 Å². The SMILES string of the molecule is COc1cc(-c2cccc(C(C)(Cc3cc(CN(Cc4ccc(-c5cccc(S(=O)(=O)CC(=O)O)c5)cc4)S(=O)(=O)c4c(C)cc(F)cc4C)oc3C(F)(F)F)C(=O)O)c2)ccc1CN(Cc1ccc(C(F)(F)F)o1)S(=O)(=O)c1c(C)cc(C)cc1C. The smallest absolute Gasteiger partial charge is 0.449 e. The van der Waals surface area contributed by atoms with Crippen LogP contribution in [0.1, 0.15) is 80.0 Å². The van der Waals surface area contributed by atoms with Crippen LogP contribution in [-0.2, 0) is 89.8 Å². The fourth-order valence-electron chi connectivity index (χ4n) is 10.6. The molecule has 1 atom stereocenters. The van der Waals surface area contributed by atoms with Gasteiger partial charge in [0, 0.05) is 24.2 Å². The van der Waals surface area contributed by atoms with Gasteiger partial charge in [-0.05, 0) is 152 Å². The molecule has 15 nitrogen and oxygen atoms in total. The quantitative estimate of drug-likeness (QED) is 0.0604. The molecule has 6 aromatic carbocycles. The second-order valence-electron chi connectivity index (χ2n) is 21.3. The summed E-state index contributed by atoms with van der Waals surface area (Å²) in [5.74, 6) is -8.73. The van der Waals surface area contributed by atoms with Crippen molar-refractivity contribution in [2.45, 2.75) is 107 Å². The van der Waals surface area contributed by atoms with E-state index in [0.717, 1.165) is 38.4 Å². The minimum absolute atomic E-state index is 0.00715. The van der Waals surface area contributed by atoms with E-state index < -0.39 is 127 Å². The molecular formula is C62H57F7N2O13S3. The molecule has 8 aromatic rings. The van der Waals surface area contributed by atoms with E-state index in [0.29, 0.717) is 39.4 Å². The van der Waals surface area contributed by atoms with Crippen molar-refractivity contribution in [3.63, 3.8) is 0 Å². The van der Waals surface area contributed by atoms with Crippen molar-refractivity contribution in [3.8, 4) is 28.0 Å². The van der Waals surface area contributed by atoms with Gasteiger partial charge in [0.05, 0.1) is 40.3 Å². The van der Waals surface area contributed by atoms with Gasteiger partial charge in [0.2, 0.25) is 31.6 Å². The number of sulfone groups is 1. The second-order valence-corrected chi connectivity index (χ2v) is 27.0. The van der Waals surface area contributed by atoms with Gasteiger partial charge in [-0.25, -0.2) is 29.6 Å². The van der Waals surface area contributed by atoms with E-state index in [9.17, 15) is 57.5 Å². The third-order valence-corrected chi connectivity index (χ3v) is 20.4. The number of nitrogens with zero attached hydrogens (tertiary/aromatic N) is 2. The maximum Gasteiger partial charge on any atom is 0.449 e. The topological polar surface area (TPSA) is 219 Å². The van der Waals surface area contributed by atoms with Crippen molar-refractivity contribution >= 4 is 41.8 Å². The molecule has 0 spiro atoms. The monoisotopic (exact) mass is 1270 g/mol. The highest BCUT2D eigenvalue weighted by atomic mass is 32.2. The zero-order chi connectivity index (χ0) is 63.9. The Hall–Kier alpha value is -8.10. The lowest BCUT2D eigenvalue weighted by molar-refractivity contribution is -0.155. The average Bonchev–Trinajstić information content (AvgIpc) is 1.99. The minimum Gasteiger partial charge on any atom is -0.496 e. The standard InChI is InChI=1S/C62H57F7N2O13S3/c1-36-22-37(2)56(38(3)23-36)87(80,81)71(33-50-20-21-54(83-50)61(64,65)66)32-46-19-18-45(29-53(46)82-7)43-10-8-12-48(26-43)60(6,59(74)75)30-47-27-51(84-58(47)62(67,68)69)34-70(86(78,79)57-39(4)24-49(63)25-40(57)5)31-41-14-16-42(17-15-41)44-11-9-13-52(28-44)85(76,77)35-55(72)73/h8-29H,30-35H2,1-7H3,(H,72,73)(H,74,75). The molecule has 460 valence electrons. The summed E-state index contributed by atoms with van der Waals surface area (Å²) in [6.45, 7) is 6.38. The number of carbonyl (C=O) groups is 2. The number of hydrogen-bond acceptors (Lipinski definition) is 11. The number of furan rings is 2. The zero-order valence-electron chi connectivity index (χ0n) is 47.6. The molecule has 0 amide bonds. The van der Waals surface area contributed by atoms with Gasteiger partial charge >= 0.3 is 24.3 Å². The number of carboxylic acids is 2. The molecule has 0 saturated heterocycles. The molecular weight excluding hydrogens is 1210 g/mol. The van der Waals surface area contributed by atoms with Crippen LogP contribution in [0.25, 0.3) is 22.3 Å². The van der Waals surface area contributed by atoms with Crippen LogP contribution in [0, 0.1) is 40.4 Å². The Labute approximate surface area is 497 Å². The second kappa shape index (κ2) is 24.6. The van der Waals surface area contributed by atoms with E-state index in [-0.39, 0.29) is 54.0 Å². The van der Waals surface area contributed by atoms with E-state index in [1.54, 1.807) is 51.1 Å². The maximum absolute atomic E-state index is 15.2. The lowest BCUT2D eigenvalue weighted by atomic mass is 9.76. The number of aliphatic carboxylic acids is 2. The van der Waals surface area contributed by atoms with E-state index >= 15 is 13.2 Å². The predicted octanol–water partition coefficient (Wildman–Crippen LogP) is 13.2. The molecule has 0 fully saturated rings. The molecule has 0 saturated carbocycles. The van der Waals surface area contributed by atoms with Crippen LogP contribution in [0.15, 0.2) is 157 Å². The maximum atomic E-state index is 15.2. The molecule has 0 radical (unpaired) electrons. The molecule has 0 aliphatic heterocycles. The number of methoxy groups -OCH3 is 1.